The van der Waals surface area contributed by atoms with Gasteiger partial charge in [0.1, 0.15) is 4.90 Å². The molecule has 0 heterocycles. The molecule has 1 fully saturated rings. The van der Waals surface area contributed by atoms with Crippen molar-refractivity contribution in [2.45, 2.75) is 42.7 Å². The Bertz CT molecular complexity index is 744. The lowest BCUT2D eigenvalue weighted by Gasteiger charge is -2.27. The fraction of sp³-hybridized carbons (Fsp3) is 0.562. The van der Waals surface area contributed by atoms with E-state index in [0.29, 0.717) is 12.8 Å². The molecule has 25 heavy (non-hydrogen) atoms. The number of hydrogen-bond acceptors (Lipinski definition) is 5. The summed E-state index contributed by atoms with van der Waals surface area (Å²) < 4.78 is 33.6. The Kier molecular flexibility index (Phi) is 6.31. The summed E-state index contributed by atoms with van der Waals surface area (Å²) in [6.45, 7) is 0. The molecule has 0 bridgehead atoms. The van der Waals surface area contributed by atoms with Crippen molar-refractivity contribution in [2.24, 2.45) is 5.73 Å². The van der Waals surface area contributed by atoms with E-state index in [-0.39, 0.29) is 39.2 Å². The number of nitrogens with zero attached hydrogens (tertiary/aromatic N) is 1. The Morgan fingerprint density at radius 2 is 1.88 bits per heavy atom. The van der Waals surface area contributed by atoms with E-state index in [1.54, 1.807) is 14.1 Å². The van der Waals surface area contributed by atoms with Gasteiger partial charge in [-0.25, -0.2) is 13.1 Å². The standard InChI is InChI=1S/C16H24ClN3O4S/c1-20(2)16(21)13-8-10(17)9-14(15(13)24-3)25(22,23)19-12-6-4-11(18)5-7-12/h8-9,11-12,19H,4-7,18H2,1-3H3. The molecule has 0 aromatic heterocycles. The zero-order chi connectivity index (χ0) is 18.8. The second-order valence-corrected chi connectivity index (χ2v) is 8.54. The van der Waals surface area contributed by atoms with Crippen molar-refractivity contribution in [1.82, 2.24) is 9.62 Å². The highest BCUT2D eigenvalue weighted by molar-refractivity contribution is 7.89. The molecule has 1 amide bonds. The van der Waals surface area contributed by atoms with Crippen LogP contribution in [0.15, 0.2) is 17.0 Å². The largest absolute Gasteiger partial charge is 0.494 e. The molecule has 2 rings (SSSR count). The van der Waals surface area contributed by atoms with Crippen molar-refractivity contribution in [3.8, 4) is 5.75 Å². The second kappa shape index (κ2) is 7.90. The first-order chi connectivity index (χ1) is 11.7. The predicted molar refractivity (Wildman–Crippen MR) is 96.6 cm³/mol. The van der Waals surface area contributed by atoms with Gasteiger partial charge < -0.3 is 15.4 Å². The van der Waals surface area contributed by atoms with E-state index in [2.05, 4.69) is 4.72 Å². The third-order valence-corrected chi connectivity index (χ3v) is 5.99. The lowest BCUT2D eigenvalue weighted by molar-refractivity contribution is 0.0824. The van der Waals surface area contributed by atoms with Gasteiger partial charge in [-0.15, -0.1) is 0 Å². The van der Waals surface area contributed by atoms with Gasteiger partial charge >= 0.3 is 0 Å². The lowest BCUT2D eigenvalue weighted by atomic mass is 9.93. The average molecular weight is 390 g/mol. The van der Waals surface area contributed by atoms with E-state index in [0.717, 1.165) is 12.8 Å². The number of hydrogen-bond donors (Lipinski definition) is 2. The fourth-order valence-corrected chi connectivity index (χ4v) is 4.70. The molecule has 1 aromatic rings. The first-order valence-electron chi connectivity index (χ1n) is 8.02. The van der Waals surface area contributed by atoms with Crippen molar-refractivity contribution in [1.29, 1.82) is 0 Å². The van der Waals surface area contributed by atoms with Crippen molar-refractivity contribution < 1.29 is 17.9 Å². The van der Waals surface area contributed by atoms with Crippen molar-refractivity contribution in [3.05, 3.63) is 22.7 Å². The average Bonchev–Trinajstić information content (AvgIpc) is 2.55. The number of sulfonamides is 1. The van der Waals surface area contributed by atoms with Gasteiger partial charge in [0.15, 0.2) is 5.75 Å². The number of amides is 1. The molecule has 3 N–H and O–H groups in total. The summed E-state index contributed by atoms with van der Waals surface area (Å²) in [5.74, 6) is -0.400. The van der Waals surface area contributed by atoms with Crippen LogP contribution in [0.4, 0.5) is 0 Å². The Balaban J connectivity index is 2.41. The van der Waals surface area contributed by atoms with Crippen LogP contribution in [0.2, 0.25) is 5.02 Å². The van der Waals surface area contributed by atoms with Crippen LogP contribution in [-0.4, -0.2) is 52.5 Å². The number of nitrogens with one attached hydrogen (secondary N) is 1. The highest BCUT2D eigenvalue weighted by Crippen LogP contribution is 2.33. The lowest BCUT2D eigenvalue weighted by Crippen LogP contribution is -2.40. The molecular formula is C16H24ClN3O4S. The molecule has 0 radical (unpaired) electrons. The van der Waals surface area contributed by atoms with Crippen molar-refractivity contribution in [2.75, 3.05) is 21.2 Å². The third kappa shape index (κ3) is 4.63. The van der Waals surface area contributed by atoms with Crippen LogP contribution in [0.3, 0.4) is 0 Å². The minimum Gasteiger partial charge on any atom is -0.494 e. The maximum absolute atomic E-state index is 12.9. The van der Waals surface area contributed by atoms with Gasteiger partial charge in [-0.05, 0) is 37.8 Å². The Labute approximate surface area is 153 Å². The minimum atomic E-state index is -3.90. The van der Waals surface area contributed by atoms with E-state index >= 15 is 0 Å². The van der Waals surface area contributed by atoms with Gasteiger partial charge in [0.2, 0.25) is 10.0 Å². The second-order valence-electron chi connectivity index (χ2n) is 6.42. The number of benzene rings is 1. The maximum atomic E-state index is 12.9. The normalized spacial score (nSPS) is 21.0. The van der Waals surface area contributed by atoms with E-state index in [1.807, 2.05) is 0 Å². The quantitative estimate of drug-likeness (QED) is 0.796. The monoisotopic (exact) mass is 389 g/mol. The molecule has 0 spiro atoms. The number of carbonyl (C=O) groups is 1. The first-order valence-corrected chi connectivity index (χ1v) is 9.89. The van der Waals surface area contributed by atoms with Crippen LogP contribution < -0.4 is 15.2 Å². The molecule has 0 aliphatic heterocycles. The summed E-state index contributed by atoms with van der Waals surface area (Å²) in [5.41, 5.74) is 5.96. The predicted octanol–water partition coefficient (Wildman–Crippen LogP) is 1.60. The van der Waals surface area contributed by atoms with E-state index < -0.39 is 10.0 Å². The highest BCUT2D eigenvalue weighted by atomic mass is 35.5. The van der Waals surface area contributed by atoms with Crippen LogP contribution >= 0.6 is 11.6 Å². The molecule has 0 atom stereocenters. The SMILES string of the molecule is COc1c(C(=O)N(C)C)cc(Cl)cc1S(=O)(=O)NC1CCC(N)CC1. The number of methoxy groups -OCH3 is 1. The number of halogens is 1. The van der Waals surface area contributed by atoms with Gasteiger partial charge in [-0.3, -0.25) is 4.79 Å². The van der Waals surface area contributed by atoms with Gasteiger partial charge in [0.05, 0.1) is 12.7 Å². The van der Waals surface area contributed by atoms with E-state index in [4.69, 9.17) is 22.1 Å². The molecule has 1 aromatic carbocycles. The summed E-state index contributed by atoms with van der Waals surface area (Å²) >= 11 is 6.06. The highest BCUT2D eigenvalue weighted by Gasteiger charge is 2.29. The molecular weight excluding hydrogens is 366 g/mol. The summed E-state index contributed by atoms with van der Waals surface area (Å²) in [4.78, 5) is 13.5. The Morgan fingerprint density at radius 3 is 2.40 bits per heavy atom. The van der Waals surface area contributed by atoms with Gasteiger partial charge in [-0.1, -0.05) is 11.6 Å². The summed E-state index contributed by atoms with van der Waals surface area (Å²) in [7, 11) is 0.572. The molecule has 1 aliphatic carbocycles. The minimum absolute atomic E-state index is 0.0110. The van der Waals surface area contributed by atoms with Gasteiger partial charge in [0, 0.05) is 31.2 Å². The molecule has 140 valence electrons. The van der Waals surface area contributed by atoms with Gasteiger partial charge in [0.25, 0.3) is 5.91 Å². The number of ether oxygens (including phenoxy) is 1. The van der Waals surface area contributed by atoms with Crippen molar-refractivity contribution in [3.63, 3.8) is 0 Å². The molecule has 0 unspecified atom stereocenters. The summed E-state index contributed by atoms with van der Waals surface area (Å²) in [6.07, 6.45) is 2.88. The van der Waals surface area contributed by atoms with Gasteiger partial charge in [-0.2, -0.15) is 0 Å². The Hall–Kier alpha value is -1.35. The maximum Gasteiger partial charge on any atom is 0.257 e. The zero-order valence-corrected chi connectivity index (χ0v) is 16.2. The topological polar surface area (TPSA) is 102 Å². The molecule has 7 nitrogen and oxygen atoms in total. The number of carbonyl (C=O) groups excluding carboxylic acids is 1. The number of nitrogens with two attached hydrogens (primary N) is 1. The summed E-state index contributed by atoms with van der Waals surface area (Å²) in [5, 5.41) is 0.150. The Morgan fingerprint density at radius 1 is 1.28 bits per heavy atom. The molecule has 9 heteroatoms. The third-order valence-electron chi connectivity index (χ3n) is 4.24. The molecule has 1 aliphatic rings. The van der Waals surface area contributed by atoms with Crippen molar-refractivity contribution >= 4 is 27.5 Å². The first kappa shape index (κ1) is 20.0. The smallest absolute Gasteiger partial charge is 0.257 e. The summed E-state index contributed by atoms with van der Waals surface area (Å²) in [6, 6.07) is 2.62. The van der Waals surface area contributed by atoms with E-state index in [1.165, 1.54) is 24.1 Å². The van der Waals surface area contributed by atoms with Crippen LogP contribution in [0.1, 0.15) is 36.0 Å². The zero-order valence-electron chi connectivity index (χ0n) is 14.6. The van der Waals surface area contributed by atoms with Crippen LogP contribution in [0, 0.1) is 0 Å². The van der Waals surface area contributed by atoms with Crippen LogP contribution in [0.5, 0.6) is 5.75 Å². The fourth-order valence-electron chi connectivity index (χ4n) is 2.90. The van der Waals surface area contributed by atoms with Crippen LogP contribution in [0.25, 0.3) is 0 Å². The molecule has 0 saturated heterocycles. The molecule has 1 saturated carbocycles. The van der Waals surface area contributed by atoms with Crippen LogP contribution in [-0.2, 0) is 10.0 Å². The number of rotatable bonds is 5. The van der Waals surface area contributed by atoms with E-state index in [9.17, 15) is 13.2 Å².